The van der Waals surface area contributed by atoms with Crippen LogP contribution in [0.3, 0.4) is 0 Å². The van der Waals surface area contributed by atoms with Crippen LogP contribution in [0.5, 0.6) is 0 Å². The molecule has 1 nitrogen and oxygen atoms in total. The lowest BCUT2D eigenvalue weighted by atomic mass is 10.0. The Morgan fingerprint density at radius 1 is 0.895 bits per heavy atom. The zero-order valence-corrected chi connectivity index (χ0v) is 11.7. The van der Waals surface area contributed by atoms with E-state index in [1.165, 1.54) is 11.1 Å². The van der Waals surface area contributed by atoms with Gasteiger partial charge in [-0.2, -0.15) is 0 Å². The molecular formula is C17H14ClN. The predicted octanol–water partition coefficient (Wildman–Crippen LogP) is 5.17. The van der Waals surface area contributed by atoms with Gasteiger partial charge in [0.05, 0.1) is 5.69 Å². The fourth-order valence-corrected chi connectivity index (χ4v) is 2.67. The fraction of sp³-hybridized carbons (Fsp3) is 0.118. The normalized spacial score (nSPS) is 10.9. The second-order valence-electron chi connectivity index (χ2n) is 4.90. The first-order chi connectivity index (χ1) is 9.13. The molecule has 0 unspecified atom stereocenters. The Morgan fingerprint density at radius 2 is 1.63 bits per heavy atom. The van der Waals surface area contributed by atoms with Gasteiger partial charge in [0.1, 0.15) is 0 Å². The first-order valence-corrected chi connectivity index (χ1v) is 6.64. The molecule has 0 spiro atoms. The Morgan fingerprint density at radius 3 is 2.37 bits per heavy atom. The molecular weight excluding hydrogens is 254 g/mol. The van der Waals surface area contributed by atoms with Crippen molar-refractivity contribution in [1.29, 1.82) is 0 Å². The maximum absolute atomic E-state index is 6.05. The Kier molecular flexibility index (Phi) is 3.00. The Bertz CT molecular complexity index is 742. The molecule has 0 atom stereocenters. The molecule has 0 N–H and O–H groups in total. The number of nitrogens with zero attached hydrogens (tertiary/aromatic N) is 1. The SMILES string of the molecule is Cc1cc(C)cc(-c2nccc3cc(Cl)ccc23)c1. The predicted molar refractivity (Wildman–Crippen MR) is 81.7 cm³/mol. The molecule has 0 aliphatic rings. The lowest BCUT2D eigenvalue weighted by Crippen LogP contribution is -1.88. The average Bonchev–Trinajstić information content (AvgIpc) is 2.36. The summed E-state index contributed by atoms with van der Waals surface area (Å²) in [6.45, 7) is 4.22. The minimum Gasteiger partial charge on any atom is -0.256 e. The van der Waals surface area contributed by atoms with E-state index in [0.717, 1.165) is 27.1 Å². The molecule has 0 saturated heterocycles. The number of aromatic nitrogens is 1. The van der Waals surface area contributed by atoms with Crippen molar-refractivity contribution < 1.29 is 0 Å². The molecule has 0 aliphatic carbocycles. The van der Waals surface area contributed by atoms with Crippen LogP contribution >= 0.6 is 11.6 Å². The molecule has 2 heteroatoms. The van der Waals surface area contributed by atoms with Crippen molar-refractivity contribution in [2.24, 2.45) is 0 Å². The van der Waals surface area contributed by atoms with Gasteiger partial charge in [0.15, 0.2) is 0 Å². The monoisotopic (exact) mass is 267 g/mol. The van der Waals surface area contributed by atoms with E-state index in [1.54, 1.807) is 0 Å². The number of benzene rings is 2. The molecule has 3 rings (SSSR count). The Balaban J connectivity index is 2.30. The number of aryl methyl sites for hydroxylation is 2. The van der Waals surface area contributed by atoms with Gasteiger partial charge >= 0.3 is 0 Å². The van der Waals surface area contributed by atoms with Crippen LogP contribution in [0.15, 0.2) is 48.7 Å². The summed E-state index contributed by atoms with van der Waals surface area (Å²) in [4.78, 5) is 4.55. The highest BCUT2D eigenvalue weighted by molar-refractivity contribution is 6.31. The first kappa shape index (κ1) is 12.2. The summed E-state index contributed by atoms with van der Waals surface area (Å²) in [7, 11) is 0. The molecule has 0 radical (unpaired) electrons. The van der Waals surface area contributed by atoms with Crippen molar-refractivity contribution in [2.45, 2.75) is 13.8 Å². The second-order valence-corrected chi connectivity index (χ2v) is 5.34. The van der Waals surface area contributed by atoms with Crippen LogP contribution < -0.4 is 0 Å². The van der Waals surface area contributed by atoms with Crippen LogP contribution in [0.25, 0.3) is 22.0 Å². The maximum Gasteiger partial charge on any atom is 0.0780 e. The van der Waals surface area contributed by atoms with Crippen LogP contribution in [0.2, 0.25) is 5.02 Å². The molecule has 1 heterocycles. The van der Waals surface area contributed by atoms with E-state index in [9.17, 15) is 0 Å². The molecule has 0 aliphatic heterocycles. The quantitative estimate of drug-likeness (QED) is 0.593. The Labute approximate surface area is 117 Å². The van der Waals surface area contributed by atoms with Gasteiger partial charge in [-0.05, 0) is 49.6 Å². The lowest BCUT2D eigenvalue weighted by molar-refractivity contribution is 1.32. The molecule has 0 fully saturated rings. The van der Waals surface area contributed by atoms with Gasteiger partial charge in [-0.25, -0.2) is 0 Å². The fourth-order valence-electron chi connectivity index (χ4n) is 2.49. The van der Waals surface area contributed by atoms with Crippen LogP contribution in [0, 0.1) is 13.8 Å². The summed E-state index contributed by atoms with van der Waals surface area (Å²) in [6.07, 6.45) is 1.84. The highest BCUT2D eigenvalue weighted by Crippen LogP contribution is 2.29. The third-order valence-electron chi connectivity index (χ3n) is 3.22. The zero-order valence-electron chi connectivity index (χ0n) is 10.9. The van der Waals surface area contributed by atoms with Crippen molar-refractivity contribution in [2.75, 3.05) is 0 Å². The van der Waals surface area contributed by atoms with E-state index in [2.05, 4.69) is 37.0 Å². The number of fused-ring (bicyclic) bond motifs is 1. The van der Waals surface area contributed by atoms with Crippen molar-refractivity contribution in [3.63, 3.8) is 0 Å². The van der Waals surface area contributed by atoms with E-state index < -0.39 is 0 Å². The summed E-state index contributed by atoms with van der Waals surface area (Å²) >= 11 is 6.05. The molecule has 0 saturated carbocycles. The van der Waals surface area contributed by atoms with Crippen LogP contribution in [-0.4, -0.2) is 4.98 Å². The minimum atomic E-state index is 0.755. The summed E-state index contributed by atoms with van der Waals surface area (Å²) in [5.41, 5.74) is 4.68. The van der Waals surface area contributed by atoms with Crippen molar-refractivity contribution in [3.8, 4) is 11.3 Å². The standard InChI is InChI=1S/C17H14ClN/c1-11-7-12(2)9-14(8-11)17-16-4-3-15(18)10-13(16)5-6-19-17/h3-10H,1-2H3. The van der Waals surface area contributed by atoms with E-state index >= 15 is 0 Å². The Hall–Kier alpha value is -1.86. The number of halogens is 1. The van der Waals surface area contributed by atoms with Gasteiger partial charge in [0, 0.05) is 22.2 Å². The van der Waals surface area contributed by atoms with Crippen LogP contribution in [0.1, 0.15) is 11.1 Å². The number of pyridine rings is 1. The smallest absolute Gasteiger partial charge is 0.0780 e. The zero-order chi connectivity index (χ0) is 13.4. The van der Waals surface area contributed by atoms with Crippen molar-refractivity contribution in [3.05, 3.63) is 64.8 Å². The van der Waals surface area contributed by atoms with Gasteiger partial charge in [0.25, 0.3) is 0 Å². The van der Waals surface area contributed by atoms with E-state index in [1.807, 2.05) is 30.5 Å². The van der Waals surface area contributed by atoms with Crippen molar-refractivity contribution in [1.82, 2.24) is 4.98 Å². The van der Waals surface area contributed by atoms with Gasteiger partial charge < -0.3 is 0 Å². The van der Waals surface area contributed by atoms with Crippen molar-refractivity contribution >= 4 is 22.4 Å². The molecule has 3 aromatic rings. The summed E-state index contributed by atoms with van der Waals surface area (Å²) < 4.78 is 0. The lowest BCUT2D eigenvalue weighted by Gasteiger charge is -2.08. The van der Waals surface area contributed by atoms with Gasteiger partial charge in [-0.3, -0.25) is 4.98 Å². The average molecular weight is 268 g/mol. The minimum absolute atomic E-state index is 0.755. The molecule has 0 amide bonds. The highest BCUT2D eigenvalue weighted by atomic mass is 35.5. The summed E-state index contributed by atoms with van der Waals surface area (Å²) in [5, 5.41) is 3.01. The van der Waals surface area contributed by atoms with Gasteiger partial charge in [-0.15, -0.1) is 0 Å². The molecule has 19 heavy (non-hydrogen) atoms. The van der Waals surface area contributed by atoms with Crippen LogP contribution in [-0.2, 0) is 0 Å². The molecule has 2 aromatic carbocycles. The van der Waals surface area contributed by atoms with E-state index in [-0.39, 0.29) is 0 Å². The third-order valence-corrected chi connectivity index (χ3v) is 3.46. The molecule has 1 aromatic heterocycles. The largest absolute Gasteiger partial charge is 0.256 e. The van der Waals surface area contributed by atoms with E-state index in [4.69, 9.17) is 11.6 Å². The summed E-state index contributed by atoms with van der Waals surface area (Å²) in [5.74, 6) is 0. The highest BCUT2D eigenvalue weighted by Gasteiger charge is 2.06. The number of rotatable bonds is 1. The molecule has 94 valence electrons. The van der Waals surface area contributed by atoms with Gasteiger partial charge in [-0.1, -0.05) is 34.9 Å². The third kappa shape index (κ3) is 2.34. The number of hydrogen-bond donors (Lipinski definition) is 0. The first-order valence-electron chi connectivity index (χ1n) is 6.26. The topological polar surface area (TPSA) is 12.9 Å². The number of hydrogen-bond acceptors (Lipinski definition) is 1. The summed E-state index contributed by atoms with van der Waals surface area (Å²) in [6, 6.07) is 14.4. The van der Waals surface area contributed by atoms with E-state index in [0.29, 0.717) is 0 Å². The van der Waals surface area contributed by atoms with Gasteiger partial charge in [0.2, 0.25) is 0 Å². The maximum atomic E-state index is 6.05. The second kappa shape index (κ2) is 4.67. The van der Waals surface area contributed by atoms with Crippen LogP contribution in [0.4, 0.5) is 0 Å². The molecule has 0 bridgehead atoms.